The summed E-state index contributed by atoms with van der Waals surface area (Å²) in [6.07, 6.45) is 1.58. The highest BCUT2D eigenvalue weighted by atomic mass is 35.5. The lowest BCUT2D eigenvalue weighted by Crippen LogP contribution is -2.36. The zero-order chi connectivity index (χ0) is 20.5. The Morgan fingerprint density at radius 2 is 1.66 bits per heavy atom. The van der Waals surface area contributed by atoms with Crippen molar-refractivity contribution in [1.29, 1.82) is 0 Å². The predicted octanol–water partition coefficient (Wildman–Crippen LogP) is 3.73. The van der Waals surface area contributed by atoms with Gasteiger partial charge in [0.15, 0.2) is 5.96 Å². The SMILES string of the molecule is CN=C(NCc1cccc(Cl)c1)NCc1cccc(C(=O)NCc2ccco2)c1. The highest BCUT2D eigenvalue weighted by Crippen LogP contribution is 2.10. The lowest BCUT2D eigenvalue weighted by molar-refractivity contribution is 0.0948. The normalized spacial score (nSPS) is 11.2. The molecule has 1 heterocycles. The van der Waals surface area contributed by atoms with Gasteiger partial charge in [-0.2, -0.15) is 0 Å². The van der Waals surface area contributed by atoms with Crippen molar-refractivity contribution in [2.24, 2.45) is 4.99 Å². The molecule has 0 aliphatic carbocycles. The second-order valence-electron chi connectivity index (χ2n) is 6.37. The molecule has 150 valence electrons. The summed E-state index contributed by atoms with van der Waals surface area (Å²) in [6, 6.07) is 18.7. The third-order valence-corrected chi connectivity index (χ3v) is 4.46. The number of carbonyl (C=O) groups is 1. The minimum atomic E-state index is -0.147. The maximum Gasteiger partial charge on any atom is 0.251 e. The van der Waals surface area contributed by atoms with Crippen molar-refractivity contribution in [3.05, 3.63) is 94.4 Å². The van der Waals surface area contributed by atoms with Gasteiger partial charge in [0.1, 0.15) is 5.76 Å². The predicted molar refractivity (Wildman–Crippen MR) is 115 cm³/mol. The van der Waals surface area contributed by atoms with Gasteiger partial charge in [0.2, 0.25) is 0 Å². The van der Waals surface area contributed by atoms with E-state index in [1.54, 1.807) is 25.4 Å². The summed E-state index contributed by atoms with van der Waals surface area (Å²) in [5, 5.41) is 10.0. The molecular weight excluding hydrogens is 388 g/mol. The Bertz CT molecular complexity index is 970. The third kappa shape index (κ3) is 6.40. The zero-order valence-corrected chi connectivity index (χ0v) is 16.9. The third-order valence-electron chi connectivity index (χ3n) is 4.22. The molecule has 6 nitrogen and oxygen atoms in total. The highest BCUT2D eigenvalue weighted by Gasteiger charge is 2.07. The van der Waals surface area contributed by atoms with Crippen molar-refractivity contribution in [2.45, 2.75) is 19.6 Å². The van der Waals surface area contributed by atoms with Crippen LogP contribution in [0.4, 0.5) is 0 Å². The van der Waals surface area contributed by atoms with Gasteiger partial charge in [0.25, 0.3) is 5.91 Å². The minimum absolute atomic E-state index is 0.147. The van der Waals surface area contributed by atoms with Crippen molar-refractivity contribution in [1.82, 2.24) is 16.0 Å². The van der Waals surface area contributed by atoms with Crippen molar-refractivity contribution >= 4 is 23.5 Å². The van der Waals surface area contributed by atoms with Gasteiger partial charge in [-0.05, 0) is 47.5 Å². The van der Waals surface area contributed by atoms with Crippen LogP contribution in [0.15, 0.2) is 76.3 Å². The molecular formula is C22H23ClN4O2. The van der Waals surface area contributed by atoms with Gasteiger partial charge < -0.3 is 20.4 Å². The summed E-state index contributed by atoms with van der Waals surface area (Å²) in [5.74, 6) is 1.23. The highest BCUT2D eigenvalue weighted by molar-refractivity contribution is 6.30. The van der Waals surface area contributed by atoms with Crippen LogP contribution in [-0.4, -0.2) is 18.9 Å². The van der Waals surface area contributed by atoms with Crippen LogP contribution in [-0.2, 0) is 19.6 Å². The van der Waals surface area contributed by atoms with Gasteiger partial charge in [-0.1, -0.05) is 35.9 Å². The monoisotopic (exact) mass is 410 g/mol. The largest absolute Gasteiger partial charge is 0.467 e. The molecule has 0 unspecified atom stereocenters. The van der Waals surface area contributed by atoms with Gasteiger partial charge in [-0.15, -0.1) is 0 Å². The number of nitrogens with zero attached hydrogens (tertiary/aromatic N) is 1. The Morgan fingerprint density at radius 1 is 0.931 bits per heavy atom. The van der Waals surface area contributed by atoms with E-state index in [4.69, 9.17) is 16.0 Å². The van der Waals surface area contributed by atoms with E-state index in [0.29, 0.717) is 41.9 Å². The molecule has 1 aromatic heterocycles. The molecule has 0 spiro atoms. The molecule has 0 atom stereocenters. The Hall–Kier alpha value is -3.25. The van der Waals surface area contributed by atoms with Gasteiger partial charge in [0, 0.05) is 30.7 Å². The van der Waals surface area contributed by atoms with E-state index in [9.17, 15) is 4.79 Å². The molecule has 0 radical (unpaired) electrons. The van der Waals surface area contributed by atoms with E-state index in [2.05, 4.69) is 20.9 Å². The Kier molecular flexibility index (Phi) is 7.30. The number of amides is 1. The average molecular weight is 411 g/mol. The first-order chi connectivity index (χ1) is 14.1. The van der Waals surface area contributed by atoms with Crippen LogP contribution in [0, 0.1) is 0 Å². The summed E-state index contributed by atoms with van der Waals surface area (Å²) in [7, 11) is 1.71. The number of carbonyl (C=O) groups excluding carboxylic acids is 1. The number of aliphatic imine (C=N–C) groups is 1. The topological polar surface area (TPSA) is 78.7 Å². The van der Waals surface area contributed by atoms with Crippen molar-refractivity contribution in [3.8, 4) is 0 Å². The van der Waals surface area contributed by atoms with E-state index in [0.717, 1.165) is 11.1 Å². The van der Waals surface area contributed by atoms with Gasteiger partial charge in [-0.3, -0.25) is 9.79 Å². The number of halogens is 1. The first-order valence-electron chi connectivity index (χ1n) is 9.22. The van der Waals surface area contributed by atoms with Crippen molar-refractivity contribution < 1.29 is 9.21 Å². The molecule has 1 amide bonds. The molecule has 2 aromatic carbocycles. The molecule has 3 rings (SSSR count). The lowest BCUT2D eigenvalue weighted by atomic mass is 10.1. The fraction of sp³-hybridized carbons (Fsp3) is 0.182. The van der Waals surface area contributed by atoms with Crippen LogP contribution >= 0.6 is 11.6 Å². The lowest BCUT2D eigenvalue weighted by Gasteiger charge is -2.13. The van der Waals surface area contributed by atoms with E-state index in [-0.39, 0.29) is 5.91 Å². The molecule has 0 aliphatic heterocycles. The second kappa shape index (κ2) is 10.3. The van der Waals surface area contributed by atoms with E-state index in [1.807, 2.05) is 48.5 Å². The molecule has 29 heavy (non-hydrogen) atoms. The molecule has 0 saturated heterocycles. The molecule has 0 saturated carbocycles. The molecule has 0 fully saturated rings. The van der Waals surface area contributed by atoms with Crippen LogP contribution in [0.5, 0.6) is 0 Å². The standard InChI is InChI=1S/C22H23ClN4O2/c1-24-22(27-14-17-6-3-8-19(23)12-17)26-13-16-5-2-7-18(11-16)21(28)25-15-20-9-4-10-29-20/h2-12H,13-15H2,1H3,(H,25,28)(H2,24,26,27). The van der Waals surface area contributed by atoms with Crippen molar-refractivity contribution in [2.75, 3.05) is 7.05 Å². The molecule has 3 aromatic rings. The number of hydrogen-bond donors (Lipinski definition) is 3. The minimum Gasteiger partial charge on any atom is -0.467 e. The van der Waals surface area contributed by atoms with Crippen LogP contribution in [0.25, 0.3) is 0 Å². The number of hydrogen-bond acceptors (Lipinski definition) is 3. The van der Waals surface area contributed by atoms with E-state index >= 15 is 0 Å². The first-order valence-corrected chi connectivity index (χ1v) is 9.60. The average Bonchev–Trinajstić information content (AvgIpc) is 3.26. The summed E-state index contributed by atoms with van der Waals surface area (Å²) >= 11 is 6.02. The summed E-state index contributed by atoms with van der Waals surface area (Å²) in [6.45, 7) is 1.50. The van der Waals surface area contributed by atoms with E-state index < -0.39 is 0 Å². The van der Waals surface area contributed by atoms with Crippen LogP contribution in [0.2, 0.25) is 5.02 Å². The maximum atomic E-state index is 12.4. The molecule has 7 heteroatoms. The summed E-state index contributed by atoms with van der Waals surface area (Å²) in [4.78, 5) is 16.6. The van der Waals surface area contributed by atoms with Gasteiger partial charge in [0.05, 0.1) is 12.8 Å². The smallest absolute Gasteiger partial charge is 0.251 e. The number of benzene rings is 2. The number of rotatable bonds is 7. The van der Waals surface area contributed by atoms with Crippen LogP contribution in [0.3, 0.4) is 0 Å². The summed E-state index contributed by atoms with van der Waals surface area (Å²) < 4.78 is 5.23. The number of guanidine groups is 1. The first kappa shape index (κ1) is 20.5. The fourth-order valence-corrected chi connectivity index (χ4v) is 2.96. The maximum absolute atomic E-state index is 12.4. The van der Waals surface area contributed by atoms with Crippen LogP contribution < -0.4 is 16.0 Å². The van der Waals surface area contributed by atoms with Gasteiger partial charge >= 0.3 is 0 Å². The van der Waals surface area contributed by atoms with Crippen molar-refractivity contribution in [3.63, 3.8) is 0 Å². The van der Waals surface area contributed by atoms with Gasteiger partial charge in [-0.25, -0.2) is 0 Å². The number of nitrogens with one attached hydrogen (secondary N) is 3. The van der Waals surface area contributed by atoms with Crippen LogP contribution in [0.1, 0.15) is 27.2 Å². The summed E-state index contributed by atoms with van der Waals surface area (Å²) in [5.41, 5.74) is 2.63. The quantitative estimate of drug-likeness (QED) is 0.409. The molecule has 0 bridgehead atoms. The number of furan rings is 1. The molecule has 0 aliphatic rings. The van der Waals surface area contributed by atoms with E-state index in [1.165, 1.54) is 0 Å². The zero-order valence-electron chi connectivity index (χ0n) is 16.1. The Balaban J connectivity index is 1.51. The molecule has 3 N–H and O–H groups in total. The Labute approximate surface area is 175 Å². The fourth-order valence-electron chi connectivity index (χ4n) is 2.74. The second-order valence-corrected chi connectivity index (χ2v) is 6.81. The Morgan fingerprint density at radius 3 is 2.31 bits per heavy atom.